The molecule has 28 heavy (non-hydrogen) atoms. The fraction of sp³-hybridized carbons (Fsp3) is 0. The summed E-state index contributed by atoms with van der Waals surface area (Å²) in [6, 6.07) is 0. The summed E-state index contributed by atoms with van der Waals surface area (Å²) in [6.07, 6.45) is 0. The Bertz CT molecular complexity index is 13.8. The van der Waals surface area contributed by atoms with Crippen LogP contribution in [-0.2, 0) is 16.4 Å². The van der Waals surface area contributed by atoms with E-state index in [0.29, 0.717) is 0 Å². The van der Waals surface area contributed by atoms with Gasteiger partial charge in [0.15, 0.2) is 0 Å². The van der Waals surface area contributed by atoms with E-state index in [9.17, 15) is 0 Å². The molecule has 0 aromatic carbocycles. The topological polar surface area (TPSA) is 85.5 Å². The van der Waals surface area contributed by atoms with Gasteiger partial charge in [-0.2, -0.15) is 0 Å². The standard InChI is InChI=1S/3O.25Pb/q3*-2;25*+2. The number of rotatable bonds is 0. The summed E-state index contributed by atoms with van der Waals surface area (Å²) in [5.41, 5.74) is 0. The molecule has 0 heterocycles. The Kier molecular flexibility index (Phi) is 1960. The molecule has 3 nitrogen and oxygen atoms in total. The van der Waals surface area contributed by atoms with Crippen molar-refractivity contribution in [2.24, 2.45) is 0 Å². The van der Waals surface area contributed by atoms with Crippen LogP contribution in [-0.4, -0.2) is 682 Å². The van der Waals surface area contributed by atoms with E-state index in [1.807, 2.05) is 0 Å². The maximum absolute atomic E-state index is 0. The van der Waals surface area contributed by atoms with Crippen LogP contribution in [0.4, 0.5) is 0 Å². The zero-order chi connectivity index (χ0) is 0. The Morgan fingerprint density at radius 3 is 0.0714 bits per heavy atom. The first-order chi connectivity index (χ1) is 0. The smallest absolute Gasteiger partial charge is 2.00 e. The van der Waals surface area contributed by atoms with Crippen molar-refractivity contribution < 1.29 is 16.4 Å². The molecular formula is O3Pb25+44. The van der Waals surface area contributed by atoms with Gasteiger partial charge >= 0.3 is 682 Å². The SMILES string of the molecule is [O-2].[O-2].[O-2].[Pb+2].[Pb+2].[Pb+2].[Pb+2].[Pb+2].[Pb+2].[Pb+2].[Pb+2].[Pb+2].[Pb+2].[Pb+2].[Pb+2].[Pb+2].[Pb+2].[Pb+2].[Pb+2].[Pb+2].[Pb+2].[Pb+2].[Pb+2].[Pb+2].[Pb+2].[Pb+2].[Pb+2].[Pb+2]. The van der Waals surface area contributed by atoms with Gasteiger partial charge in [0.05, 0.1) is 0 Å². The summed E-state index contributed by atoms with van der Waals surface area (Å²) in [5, 5.41) is 0. The van der Waals surface area contributed by atoms with Crippen LogP contribution in [0.15, 0.2) is 0 Å². The monoisotopic (exact) mass is 5250 g/mol. The molecule has 0 aromatic rings. The molecule has 0 aliphatic rings. The van der Waals surface area contributed by atoms with Gasteiger partial charge in [0.1, 0.15) is 0 Å². The van der Waals surface area contributed by atoms with Gasteiger partial charge in [-0.1, -0.05) is 0 Å². The van der Waals surface area contributed by atoms with Crippen molar-refractivity contribution in [1.82, 2.24) is 0 Å². The Hall–Kier alpha value is 22.9. The van der Waals surface area contributed by atoms with Gasteiger partial charge in [0.2, 0.25) is 0 Å². The van der Waals surface area contributed by atoms with Crippen molar-refractivity contribution in [3.8, 4) is 0 Å². The second-order valence-electron chi connectivity index (χ2n) is 0. The third-order valence-electron chi connectivity index (χ3n) is 0. The van der Waals surface area contributed by atoms with Gasteiger partial charge in [0, 0.05) is 0 Å². The molecule has 0 atom stereocenters. The molecule has 0 unspecified atom stereocenters. The molecule has 0 aliphatic carbocycles. The van der Waals surface area contributed by atoms with E-state index in [1.165, 1.54) is 0 Å². The van der Waals surface area contributed by atoms with Gasteiger partial charge in [-0.15, -0.1) is 0 Å². The van der Waals surface area contributed by atoms with Gasteiger partial charge in [0.25, 0.3) is 0 Å². The van der Waals surface area contributed by atoms with E-state index in [-0.39, 0.29) is 699 Å². The van der Waals surface area contributed by atoms with Crippen molar-refractivity contribution >= 4 is 682 Å². The third-order valence-corrected chi connectivity index (χ3v) is 0. The summed E-state index contributed by atoms with van der Waals surface area (Å²) < 4.78 is 0. The molecule has 50 radical (unpaired) electrons. The van der Waals surface area contributed by atoms with Gasteiger partial charge in [-0.25, -0.2) is 0 Å². The van der Waals surface area contributed by atoms with E-state index in [0.717, 1.165) is 0 Å². The summed E-state index contributed by atoms with van der Waals surface area (Å²) in [5.74, 6) is 0. The quantitative estimate of drug-likeness (QED) is 0.217. The largest absolute Gasteiger partial charge is 2.00 e. The average Bonchev–Trinajstić information content (AvgIpc) is 0. The minimum Gasteiger partial charge on any atom is -2.00 e. The molecule has 0 aromatic heterocycles. The first-order valence-electron chi connectivity index (χ1n) is 0. The zero-order valence-corrected chi connectivity index (χ0v) is 111. The van der Waals surface area contributed by atoms with Crippen LogP contribution in [0.2, 0.25) is 0 Å². The normalized spacial score (nSPS) is 0. The van der Waals surface area contributed by atoms with E-state index in [2.05, 4.69) is 0 Å². The maximum atomic E-state index is 0. The Labute approximate surface area is 675 Å². The van der Waals surface area contributed by atoms with Crippen LogP contribution in [0, 0.1) is 0 Å². The van der Waals surface area contributed by atoms with Crippen LogP contribution in [0.25, 0.3) is 0 Å². The van der Waals surface area contributed by atoms with Crippen LogP contribution in [0.3, 0.4) is 0 Å². The van der Waals surface area contributed by atoms with Crippen molar-refractivity contribution in [2.45, 2.75) is 0 Å². The second kappa shape index (κ2) is 227. The van der Waals surface area contributed by atoms with E-state index in [1.54, 1.807) is 0 Å². The second-order valence-corrected chi connectivity index (χ2v) is 0. The van der Waals surface area contributed by atoms with Crippen molar-refractivity contribution in [3.63, 3.8) is 0 Å². The van der Waals surface area contributed by atoms with Crippen molar-refractivity contribution in [3.05, 3.63) is 0 Å². The molecular weight excluding hydrogens is 5230 g/mol. The Morgan fingerprint density at radius 2 is 0.0714 bits per heavy atom. The zero-order valence-electron chi connectivity index (χ0n) is 13.7. The average molecular weight is 5230 g/mol. The van der Waals surface area contributed by atoms with Gasteiger partial charge in [-0.3, -0.25) is 0 Å². The molecule has 0 rings (SSSR count). The molecule has 0 aliphatic heterocycles. The summed E-state index contributed by atoms with van der Waals surface area (Å²) in [7, 11) is 0. The summed E-state index contributed by atoms with van der Waals surface area (Å²) in [4.78, 5) is 0. The first kappa shape index (κ1) is 241. The van der Waals surface area contributed by atoms with E-state index < -0.39 is 0 Å². The number of hydrogen-bond donors (Lipinski definition) is 0. The molecule has 0 N–H and O–H groups in total. The van der Waals surface area contributed by atoms with Gasteiger partial charge < -0.3 is 16.4 Å². The Morgan fingerprint density at radius 1 is 0.0714 bits per heavy atom. The minimum atomic E-state index is 0. The maximum Gasteiger partial charge on any atom is 2.00 e. The molecule has 0 spiro atoms. The Balaban J connectivity index is 0. The van der Waals surface area contributed by atoms with E-state index in [4.69, 9.17) is 0 Å². The van der Waals surface area contributed by atoms with Crippen LogP contribution < -0.4 is 0 Å². The molecule has 28 heteroatoms. The molecule has 74 valence electrons. The summed E-state index contributed by atoms with van der Waals surface area (Å²) in [6.45, 7) is 0. The van der Waals surface area contributed by atoms with Crippen molar-refractivity contribution in [2.75, 3.05) is 0 Å². The van der Waals surface area contributed by atoms with Crippen LogP contribution >= 0.6 is 0 Å². The first-order valence-corrected chi connectivity index (χ1v) is 0. The molecule has 0 saturated heterocycles. The third kappa shape index (κ3) is 214. The van der Waals surface area contributed by atoms with Crippen molar-refractivity contribution in [1.29, 1.82) is 0 Å². The minimum absolute atomic E-state index is 0. The fourth-order valence-corrected chi connectivity index (χ4v) is 0. The predicted molar refractivity (Wildman–Crippen MR) is 146 cm³/mol. The van der Waals surface area contributed by atoms with Crippen LogP contribution in [0.5, 0.6) is 0 Å². The van der Waals surface area contributed by atoms with Crippen LogP contribution in [0.1, 0.15) is 0 Å². The summed E-state index contributed by atoms with van der Waals surface area (Å²) >= 11 is 0. The predicted octanol–water partition coefficient (Wildman–Crippen LogP) is -9.88. The van der Waals surface area contributed by atoms with E-state index >= 15 is 0 Å². The molecule has 0 amide bonds. The molecule has 0 saturated carbocycles. The molecule has 0 fully saturated rings. The number of hydrogen-bond acceptors (Lipinski definition) is 0. The van der Waals surface area contributed by atoms with Gasteiger partial charge in [-0.05, 0) is 0 Å². The molecule has 0 bridgehead atoms. The fourth-order valence-electron chi connectivity index (χ4n) is 0.